The highest BCUT2D eigenvalue weighted by Crippen LogP contribution is 2.07. The summed E-state index contributed by atoms with van der Waals surface area (Å²) in [6.45, 7) is 0. The van der Waals surface area contributed by atoms with Gasteiger partial charge in [0.2, 0.25) is 0 Å². The Bertz CT molecular complexity index is 454. The molecule has 7 heteroatoms. The Labute approximate surface area is 92.8 Å². The normalized spacial score (nSPS) is 9.93. The monoisotopic (exact) mass is 268 g/mol. The van der Waals surface area contributed by atoms with E-state index in [0.29, 0.717) is 10.4 Å². The van der Waals surface area contributed by atoms with Crippen LogP contribution < -0.4 is 5.32 Å². The molecule has 0 saturated carbocycles. The molecule has 0 aliphatic rings. The highest BCUT2D eigenvalue weighted by atomic mass is 79.9. The maximum absolute atomic E-state index is 11.4. The molecule has 0 atom stereocenters. The van der Waals surface area contributed by atoms with Crippen LogP contribution in [0.3, 0.4) is 0 Å². The van der Waals surface area contributed by atoms with Crippen LogP contribution in [0.25, 0.3) is 0 Å². The zero-order valence-corrected chi connectivity index (χ0v) is 8.93. The summed E-state index contributed by atoms with van der Waals surface area (Å²) < 4.78 is 5.14. The molecule has 0 unspecified atom stereocenters. The number of aromatic nitrogens is 3. The highest BCUT2D eigenvalue weighted by molar-refractivity contribution is 9.10. The molecule has 0 aliphatic heterocycles. The van der Waals surface area contributed by atoms with Crippen LogP contribution in [-0.2, 0) is 0 Å². The first kappa shape index (κ1) is 9.78. The van der Waals surface area contributed by atoms with E-state index in [-0.39, 0.29) is 11.6 Å². The number of anilines is 1. The fourth-order valence-electron chi connectivity index (χ4n) is 0.887. The van der Waals surface area contributed by atoms with E-state index < -0.39 is 0 Å². The van der Waals surface area contributed by atoms with Crippen molar-refractivity contribution >= 4 is 27.7 Å². The molecule has 76 valence electrons. The SMILES string of the molecule is O=C(Nc1cnc(Br)cn1)c1ccon1. The number of nitrogens with one attached hydrogen (secondary N) is 1. The van der Waals surface area contributed by atoms with E-state index in [4.69, 9.17) is 0 Å². The second kappa shape index (κ2) is 4.18. The predicted molar refractivity (Wildman–Crippen MR) is 54.2 cm³/mol. The van der Waals surface area contributed by atoms with Crippen molar-refractivity contribution in [3.8, 4) is 0 Å². The number of halogens is 1. The summed E-state index contributed by atoms with van der Waals surface area (Å²) in [5.41, 5.74) is 0.194. The Balaban J connectivity index is 2.09. The van der Waals surface area contributed by atoms with Gasteiger partial charge in [0.05, 0.1) is 12.4 Å². The molecule has 0 bridgehead atoms. The molecule has 0 aromatic carbocycles. The Hall–Kier alpha value is -1.76. The van der Waals surface area contributed by atoms with Gasteiger partial charge in [0, 0.05) is 6.07 Å². The summed E-state index contributed by atoms with van der Waals surface area (Å²) in [7, 11) is 0. The van der Waals surface area contributed by atoms with Gasteiger partial charge >= 0.3 is 0 Å². The van der Waals surface area contributed by atoms with Crippen LogP contribution >= 0.6 is 15.9 Å². The number of amides is 1. The van der Waals surface area contributed by atoms with E-state index in [1.165, 1.54) is 24.7 Å². The lowest BCUT2D eigenvalue weighted by atomic mass is 10.4. The molecule has 0 spiro atoms. The maximum Gasteiger partial charge on any atom is 0.279 e. The van der Waals surface area contributed by atoms with Gasteiger partial charge in [-0.2, -0.15) is 0 Å². The number of hydrogen-bond donors (Lipinski definition) is 1. The summed E-state index contributed by atoms with van der Waals surface area (Å²) in [5, 5.41) is 6.00. The topological polar surface area (TPSA) is 80.9 Å². The van der Waals surface area contributed by atoms with Crippen LogP contribution in [0.5, 0.6) is 0 Å². The molecule has 2 rings (SSSR count). The number of carbonyl (C=O) groups excluding carboxylic acids is 1. The van der Waals surface area contributed by atoms with E-state index in [0.717, 1.165) is 0 Å². The molecule has 0 aliphatic carbocycles. The highest BCUT2D eigenvalue weighted by Gasteiger charge is 2.09. The number of nitrogens with zero attached hydrogens (tertiary/aromatic N) is 3. The smallest absolute Gasteiger partial charge is 0.279 e. The van der Waals surface area contributed by atoms with E-state index in [1.54, 1.807) is 0 Å². The lowest BCUT2D eigenvalue weighted by Gasteiger charge is -2.00. The third-order valence-electron chi connectivity index (χ3n) is 1.53. The zero-order valence-electron chi connectivity index (χ0n) is 7.35. The van der Waals surface area contributed by atoms with E-state index in [2.05, 4.69) is 40.9 Å². The summed E-state index contributed by atoms with van der Waals surface area (Å²) in [6.07, 6.45) is 4.24. The second-order valence-electron chi connectivity index (χ2n) is 2.56. The molecule has 6 nitrogen and oxygen atoms in total. The van der Waals surface area contributed by atoms with Crippen molar-refractivity contribution in [1.29, 1.82) is 0 Å². The lowest BCUT2D eigenvalue weighted by molar-refractivity contribution is 0.101. The van der Waals surface area contributed by atoms with Gasteiger partial charge < -0.3 is 9.84 Å². The van der Waals surface area contributed by atoms with Crippen LogP contribution in [0.2, 0.25) is 0 Å². The summed E-state index contributed by atoms with van der Waals surface area (Å²) in [5.74, 6) is -0.0356. The predicted octanol–water partition coefficient (Wildman–Crippen LogP) is 1.48. The van der Waals surface area contributed by atoms with E-state index in [9.17, 15) is 4.79 Å². The molecule has 1 amide bonds. The molecule has 2 aromatic rings. The lowest BCUT2D eigenvalue weighted by Crippen LogP contribution is -2.13. The Kier molecular flexibility index (Phi) is 2.72. The second-order valence-corrected chi connectivity index (χ2v) is 3.38. The maximum atomic E-state index is 11.4. The van der Waals surface area contributed by atoms with Crippen molar-refractivity contribution in [2.75, 3.05) is 5.32 Å². The number of hydrogen-bond acceptors (Lipinski definition) is 5. The Morgan fingerprint density at radius 2 is 2.27 bits per heavy atom. The fraction of sp³-hybridized carbons (Fsp3) is 0. The van der Waals surface area contributed by atoms with Gasteiger partial charge in [0.1, 0.15) is 10.9 Å². The van der Waals surface area contributed by atoms with Crippen molar-refractivity contribution in [3.05, 3.63) is 35.0 Å². The Morgan fingerprint density at radius 3 is 2.87 bits per heavy atom. The zero-order chi connectivity index (χ0) is 10.7. The van der Waals surface area contributed by atoms with Crippen molar-refractivity contribution in [2.45, 2.75) is 0 Å². The van der Waals surface area contributed by atoms with Crippen LogP contribution in [0.1, 0.15) is 10.5 Å². The average Bonchev–Trinajstić information content (AvgIpc) is 2.74. The molecule has 1 N–H and O–H groups in total. The Morgan fingerprint density at radius 1 is 1.40 bits per heavy atom. The molecular weight excluding hydrogens is 264 g/mol. The minimum absolute atomic E-state index is 0.194. The van der Waals surface area contributed by atoms with Gasteiger partial charge in [-0.15, -0.1) is 0 Å². The molecular formula is C8H5BrN4O2. The average molecular weight is 269 g/mol. The van der Waals surface area contributed by atoms with Crippen molar-refractivity contribution in [1.82, 2.24) is 15.1 Å². The van der Waals surface area contributed by atoms with Gasteiger partial charge in [-0.05, 0) is 15.9 Å². The first-order valence-electron chi connectivity index (χ1n) is 3.95. The van der Waals surface area contributed by atoms with Crippen molar-refractivity contribution in [2.24, 2.45) is 0 Å². The van der Waals surface area contributed by atoms with Gasteiger partial charge in [0.25, 0.3) is 5.91 Å². The standard InChI is InChI=1S/C8H5BrN4O2/c9-6-3-11-7(4-10-6)12-8(14)5-1-2-15-13-5/h1-4H,(H,11,12,14). The summed E-state index contributed by atoms with van der Waals surface area (Å²) in [6, 6.07) is 1.46. The molecule has 0 saturated heterocycles. The third kappa shape index (κ3) is 2.38. The van der Waals surface area contributed by atoms with Gasteiger partial charge in [-0.1, -0.05) is 5.16 Å². The van der Waals surface area contributed by atoms with Crippen molar-refractivity contribution < 1.29 is 9.32 Å². The molecule has 15 heavy (non-hydrogen) atoms. The van der Waals surface area contributed by atoms with Crippen LogP contribution in [0.4, 0.5) is 5.82 Å². The molecule has 0 radical (unpaired) electrons. The molecule has 0 fully saturated rings. The third-order valence-corrected chi connectivity index (χ3v) is 1.94. The van der Waals surface area contributed by atoms with E-state index in [1.807, 2.05) is 0 Å². The van der Waals surface area contributed by atoms with Crippen LogP contribution in [0, 0.1) is 0 Å². The van der Waals surface area contributed by atoms with Crippen molar-refractivity contribution in [3.63, 3.8) is 0 Å². The number of carbonyl (C=O) groups is 1. The minimum atomic E-state index is -0.389. The van der Waals surface area contributed by atoms with Gasteiger partial charge in [-0.25, -0.2) is 9.97 Å². The largest absolute Gasteiger partial charge is 0.364 e. The number of rotatable bonds is 2. The summed E-state index contributed by atoms with van der Waals surface area (Å²) in [4.78, 5) is 19.3. The molecule has 2 aromatic heterocycles. The quantitative estimate of drug-likeness (QED) is 0.892. The van der Waals surface area contributed by atoms with Crippen LogP contribution in [0.15, 0.2) is 33.8 Å². The van der Waals surface area contributed by atoms with Gasteiger partial charge in [0.15, 0.2) is 11.5 Å². The minimum Gasteiger partial charge on any atom is -0.364 e. The first-order valence-corrected chi connectivity index (χ1v) is 4.74. The molecule has 2 heterocycles. The van der Waals surface area contributed by atoms with Gasteiger partial charge in [-0.3, -0.25) is 4.79 Å². The van der Waals surface area contributed by atoms with E-state index >= 15 is 0 Å². The summed E-state index contributed by atoms with van der Waals surface area (Å²) >= 11 is 3.14. The fourth-order valence-corrected chi connectivity index (χ4v) is 1.09. The first-order chi connectivity index (χ1) is 7.25. The van der Waals surface area contributed by atoms with Crippen LogP contribution in [-0.4, -0.2) is 21.0 Å².